The quantitative estimate of drug-likeness (QED) is 0.0566. The normalized spacial score (nSPS) is 17.6. The van der Waals surface area contributed by atoms with Crippen LogP contribution >= 0.6 is 0 Å². The Morgan fingerprint density at radius 2 is 1.80 bits per heavy atom. The number of aliphatic hydroxyl groups is 1. The molecule has 1 aliphatic heterocycles. The van der Waals surface area contributed by atoms with Gasteiger partial charge in [0.2, 0.25) is 5.90 Å². The van der Waals surface area contributed by atoms with Crippen LogP contribution in [0.25, 0.3) is 20.9 Å². The third-order valence-corrected chi connectivity index (χ3v) is 6.41. The molecule has 204 valence electrons. The van der Waals surface area contributed by atoms with E-state index in [9.17, 15) is 4.79 Å². The van der Waals surface area contributed by atoms with Crippen molar-refractivity contribution in [3.05, 3.63) is 116 Å². The van der Waals surface area contributed by atoms with Crippen LogP contribution in [0.15, 0.2) is 88.0 Å². The number of rotatable bonds is 12. The van der Waals surface area contributed by atoms with Gasteiger partial charge in [-0.3, -0.25) is 10.2 Å². The van der Waals surface area contributed by atoms with Gasteiger partial charge in [-0.25, -0.2) is 10.8 Å². The predicted molar refractivity (Wildman–Crippen MR) is 147 cm³/mol. The molecule has 0 aromatic heterocycles. The van der Waals surface area contributed by atoms with E-state index in [1.54, 1.807) is 72.8 Å². The van der Waals surface area contributed by atoms with Crippen molar-refractivity contribution in [1.82, 2.24) is 5.43 Å². The number of carbonyl (C=O) groups is 1. The lowest BCUT2D eigenvalue weighted by molar-refractivity contribution is -0.129. The lowest BCUT2D eigenvalue weighted by atomic mass is 9.80. The van der Waals surface area contributed by atoms with Gasteiger partial charge in [0, 0.05) is 40.5 Å². The van der Waals surface area contributed by atoms with Crippen molar-refractivity contribution in [1.29, 1.82) is 0 Å². The van der Waals surface area contributed by atoms with E-state index in [-0.39, 0.29) is 25.5 Å². The van der Waals surface area contributed by atoms with Crippen LogP contribution < -0.4 is 16.0 Å². The van der Waals surface area contributed by atoms with E-state index < -0.39 is 17.6 Å². The van der Waals surface area contributed by atoms with E-state index in [0.717, 1.165) is 0 Å². The highest BCUT2D eigenvalue weighted by atomic mass is 16.5. The summed E-state index contributed by atoms with van der Waals surface area (Å²) in [6.45, 7) is 0.415. The number of aliphatic imine (C=N–C) groups is 1. The Labute approximate surface area is 229 Å². The molecule has 0 bridgehead atoms. The van der Waals surface area contributed by atoms with Gasteiger partial charge in [-0.15, -0.1) is 0 Å². The summed E-state index contributed by atoms with van der Waals surface area (Å²) in [4.78, 5) is 24.3. The predicted octanol–water partition coefficient (Wildman–Crippen LogP) is 4.69. The van der Waals surface area contributed by atoms with Crippen molar-refractivity contribution in [2.45, 2.75) is 31.0 Å². The lowest BCUT2D eigenvalue weighted by Crippen LogP contribution is -2.52. The van der Waals surface area contributed by atoms with Crippen molar-refractivity contribution >= 4 is 17.5 Å². The topological polar surface area (TPSA) is 204 Å². The molecular weight excluding hydrogens is 514 g/mol. The Morgan fingerprint density at radius 3 is 2.50 bits per heavy atom. The summed E-state index contributed by atoms with van der Waals surface area (Å²) < 4.78 is 12.0. The minimum atomic E-state index is -1.62. The van der Waals surface area contributed by atoms with Gasteiger partial charge in [-0.2, -0.15) is 0 Å². The number of carbonyl (C=O) groups excluding carboxylic acids is 1. The maximum atomic E-state index is 13.6. The summed E-state index contributed by atoms with van der Waals surface area (Å²) in [6.07, 6.45) is -0.490. The molecule has 0 radical (unpaired) electrons. The van der Waals surface area contributed by atoms with Gasteiger partial charge in [0.05, 0.1) is 13.2 Å². The standard InChI is InChI=1S/C27H27N9O4/c28-33-26(38)27(16-19-6-2-4-9-23(19)34-36-30)24(22-8-3-1-7-20(22)17-31-35-29)40-25(32-27)18-10-12-21(13-11-18)39-15-5-14-37/h1-4,6-13,24,37H,5,14-17,28H2,(H,33,38)/t24-,27-/m0/s1. The average Bonchev–Trinajstić information content (AvgIpc) is 3.37. The molecule has 13 nitrogen and oxygen atoms in total. The van der Waals surface area contributed by atoms with Crippen LogP contribution in [0.4, 0.5) is 5.69 Å². The van der Waals surface area contributed by atoms with Crippen molar-refractivity contribution in [3.63, 3.8) is 0 Å². The Bertz CT molecular complexity index is 1480. The number of ether oxygens (including phenoxy) is 2. The highest BCUT2D eigenvalue weighted by Crippen LogP contribution is 2.44. The third-order valence-electron chi connectivity index (χ3n) is 6.41. The number of nitrogens with two attached hydrogens (primary N) is 1. The van der Waals surface area contributed by atoms with E-state index in [2.05, 4.69) is 25.5 Å². The molecule has 1 amide bonds. The molecule has 2 atom stereocenters. The summed E-state index contributed by atoms with van der Waals surface area (Å²) in [5.74, 6) is 5.87. The SMILES string of the molecule is [N-]=[N+]=NCc1ccccc1[C@@H]1OC(c2ccc(OCCCO)cc2)=N[C@]1(Cc1ccccc1N=[N+]=[N-])C(=O)NN. The first kappa shape index (κ1) is 28.0. The van der Waals surface area contributed by atoms with Crippen LogP contribution in [-0.2, 0) is 22.5 Å². The zero-order chi connectivity index (χ0) is 28.4. The molecule has 0 aliphatic carbocycles. The summed E-state index contributed by atoms with van der Waals surface area (Å²) in [5.41, 5.74) is 21.4. The molecule has 13 heteroatoms. The zero-order valence-electron chi connectivity index (χ0n) is 21.4. The van der Waals surface area contributed by atoms with Crippen LogP contribution in [0, 0.1) is 0 Å². The number of nitrogens with zero attached hydrogens (tertiary/aromatic N) is 7. The number of amides is 1. The van der Waals surface area contributed by atoms with E-state index in [4.69, 9.17) is 36.5 Å². The number of benzene rings is 3. The van der Waals surface area contributed by atoms with Crippen LogP contribution in [0.1, 0.15) is 34.8 Å². The number of nitrogens with one attached hydrogen (secondary N) is 1. The maximum Gasteiger partial charge on any atom is 0.266 e. The first-order chi connectivity index (χ1) is 19.6. The van der Waals surface area contributed by atoms with Crippen molar-refractivity contribution in [2.24, 2.45) is 21.1 Å². The van der Waals surface area contributed by atoms with Crippen molar-refractivity contribution in [3.8, 4) is 5.75 Å². The number of hydrogen-bond donors (Lipinski definition) is 3. The molecule has 3 aromatic carbocycles. The van der Waals surface area contributed by atoms with Crippen LogP contribution in [-0.4, -0.2) is 35.7 Å². The van der Waals surface area contributed by atoms with E-state index in [1.165, 1.54) is 0 Å². The van der Waals surface area contributed by atoms with Gasteiger partial charge in [0.1, 0.15) is 5.75 Å². The molecule has 3 aromatic rings. The molecule has 40 heavy (non-hydrogen) atoms. The fraction of sp³-hybridized carbons (Fsp3) is 0.259. The van der Waals surface area contributed by atoms with Gasteiger partial charge in [-0.05, 0) is 52.0 Å². The fourth-order valence-corrected chi connectivity index (χ4v) is 4.52. The monoisotopic (exact) mass is 541 g/mol. The lowest BCUT2D eigenvalue weighted by Gasteiger charge is -2.31. The second-order valence-electron chi connectivity index (χ2n) is 8.85. The molecule has 0 saturated carbocycles. The second kappa shape index (κ2) is 13.1. The molecule has 0 fully saturated rings. The smallest absolute Gasteiger partial charge is 0.266 e. The van der Waals surface area contributed by atoms with E-state index in [1.807, 2.05) is 0 Å². The minimum absolute atomic E-state index is 0.0163. The number of hydrazine groups is 1. The molecule has 4 rings (SSSR count). The summed E-state index contributed by atoms with van der Waals surface area (Å²) >= 11 is 0. The van der Waals surface area contributed by atoms with Crippen LogP contribution in [0.5, 0.6) is 5.75 Å². The molecule has 1 aliphatic rings. The van der Waals surface area contributed by atoms with Gasteiger partial charge in [0.25, 0.3) is 5.91 Å². The minimum Gasteiger partial charge on any atom is -0.494 e. The maximum absolute atomic E-state index is 13.6. The molecule has 1 heterocycles. The van der Waals surface area contributed by atoms with Gasteiger partial charge >= 0.3 is 0 Å². The summed E-state index contributed by atoms with van der Waals surface area (Å²) in [5, 5.41) is 16.5. The Balaban J connectivity index is 1.85. The van der Waals surface area contributed by atoms with Gasteiger partial charge in [-0.1, -0.05) is 58.8 Å². The van der Waals surface area contributed by atoms with Crippen molar-refractivity contribution in [2.75, 3.05) is 13.2 Å². The van der Waals surface area contributed by atoms with E-state index >= 15 is 0 Å². The summed E-state index contributed by atoms with van der Waals surface area (Å²) in [6, 6.07) is 21.0. The molecule has 0 saturated heterocycles. The first-order valence-corrected chi connectivity index (χ1v) is 12.4. The second-order valence-corrected chi connectivity index (χ2v) is 8.85. The van der Waals surface area contributed by atoms with Crippen molar-refractivity contribution < 1.29 is 19.4 Å². The Kier molecular flexibility index (Phi) is 9.19. The molecular formula is C27H27N9O4. The molecule has 0 spiro atoms. The van der Waals surface area contributed by atoms with Crippen LogP contribution in [0.3, 0.4) is 0 Å². The fourth-order valence-electron chi connectivity index (χ4n) is 4.52. The number of azide groups is 2. The van der Waals surface area contributed by atoms with E-state index in [0.29, 0.717) is 46.7 Å². The first-order valence-electron chi connectivity index (χ1n) is 12.4. The number of aliphatic hydroxyl groups excluding tert-OH is 1. The molecule has 4 N–H and O–H groups in total. The molecule has 0 unspecified atom stereocenters. The summed E-state index contributed by atoms with van der Waals surface area (Å²) in [7, 11) is 0. The van der Waals surface area contributed by atoms with Gasteiger partial charge in [0.15, 0.2) is 11.6 Å². The Morgan fingerprint density at radius 1 is 1.07 bits per heavy atom. The zero-order valence-corrected chi connectivity index (χ0v) is 21.4. The number of hydrogen-bond acceptors (Lipinski definition) is 8. The average molecular weight is 542 g/mol. The largest absolute Gasteiger partial charge is 0.494 e. The highest BCUT2D eigenvalue weighted by Gasteiger charge is 2.53. The third kappa shape index (κ3) is 5.98. The van der Waals surface area contributed by atoms with Crippen LogP contribution in [0.2, 0.25) is 0 Å². The highest BCUT2D eigenvalue weighted by molar-refractivity contribution is 6.01. The Hall–Kier alpha value is -5.06. The van der Waals surface area contributed by atoms with Gasteiger partial charge < -0.3 is 14.6 Å².